The second-order valence-corrected chi connectivity index (χ2v) is 4.01. The summed E-state index contributed by atoms with van der Waals surface area (Å²) in [4.78, 5) is 11.5. The van der Waals surface area contributed by atoms with E-state index in [1.807, 2.05) is 0 Å². The molecule has 0 bridgehead atoms. The Morgan fingerprint density at radius 1 is 1.50 bits per heavy atom. The molecule has 0 radical (unpaired) electrons. The summed E-state index contributed by atoms with van der Waals surface area (Å²) in [7, 11) is 0. The van der Waals surface area contributed by atoms with Crippen LogP contribution in [-0.2, 0) is 14.3 Å². The highest BCUT2D eigenvalue weighted by Crippen LogP contribution is 2.13. The molecular weight excluding hydrogens is 182 g/mol. The zero-order chi connectivity index (χ0) is 9.80. The molecule has 2 heterocycles. The maximum atomic E-state index is 11.5. The van der Waals surface area contributed by atoms with Crippen molar-refractivity contribution in [3.05, 3.63) is 0 Å². The average Bonchev–Trinajstić information content (AvgIpc) is 2.87. The molecule has 0 aromatic rings. The minimum absolute atomic E-state index is 0.0580. The van der Waals surface area contributed by atoms with E-state index in [9.17, 15) is 4.79 Å². The van der Waals surface area contributed by atoms with Gasteiger partial charge in [-0.15, -0.1) is 0 Å². The topological polar surface area (TPSA) is 47.6 Å². The largest absolute Gasteiger partial charge is 0.464 e. The number of esters is 1. The molecule has 0 aromatic heterocycles. The summed E-state index contributed by atoms with van der Waals surface area (Å²) in [6, 6.07) is -0.0580. The number of carbonyl (C=O) groups is 1. The van der Waals surface area contributed by atoms with Gasteiger partial charge in [-0.25, -0.2) is 0 Å². The predicted molar refractivity (Wildman–Crippen MR) is 50.9 cm³/mol. The first-order valence-electron chi connectivity index (χ1n) is 5.34. The van der Waals surface area contributed by atoms with Crippen LogP contribution in [0.5, 0.6) is 0 Å². The van der Waals surface area contributed by atoms with Crippen LogP contribution in [0.15, 0.2) is 0 Å². The van der Waals surface area contributed by atoms with Gasteiger partial charge >= 0.3 is 5.97 Å². The lowest BCUT2D eigenvalue weighted by molar-refractivity contribution is -0.147. The monoisotopic (exact) mass is 199 g/mol. The molecule has 2 fully saturated rings. The molecule has 2 rings (SSSR count). The third kappa shape index (κ3) is 2.45. The standard InChI is InChI=1S/C10H17NO3/c12-10(9-2-1-4-11-9)14-7-8-3-5-13-6-8/h8-9,11H,1-7H2. The number of nitrogens with one attached hydrogen (secondary N) is 1. The van der Waals surface area contributed by atoms with Crippen molar-refractivity contribution < 1.29 is 14.3 Å². The molecule has 1 N–H and O–H groups in total. The first kappa shape index (κ1) is 9.93. The molecule has 2 aliphatic rings. The molecule has 0 spiro atoms. The normalized spacial score (nSPS) is 32.0. The Balaban J connectivity index is 1.66. The Bertz CT molecular complexity index is 196. The molecule has 2 aliphatic heterocycles. The zero-order valence-electron chi connectivity index (χ0n) is 8.33. The van der Waals surface area contributed by atoms with E-state index >= 15 is 0 Å². The molecule has 0 aromatic carbocycles. The van der Waals surface area contributed by atoms with Crippen LogP contribution >= 0.6 is 0 Å². The van der Waals surface area contributed by atoms with Gasteiger partial charge in [0.15, 0.2) is 0 Å². The van der Waals surface area contributed by atoms with Crippen molar-refractivity contribution in [2.24, 2.45) is 5.92 Å². The summed E-state index contributed by atoms with van der Waals surface area (Å²) in [6.07, 6.45) is 3.01. The van der Waals surface area contributed by atoms with Gasteiger partial charge < -0.3 is 14.8 Å². The first-order valence-corrected chi connectivity index (χ1v) is 5.34. The molecule has 14 heavy (non-hydrogen) atoms. The third-order valence-electron chi connectivity index (χ3n) is 2.83. The number of carbonyl (C=O) groups excluding carboxylic acids is 1. The summed E-state index contributed by atoms with van der Waals surface area (Å²) >= 11 is 0. The van der Waals surface area contributed by atoms with Crippen molar-refractivity contribution in [1.82, 2.24) is 5.32 Å². The summed E-state index contributed by atoms with van der Waals surface area (Å²) in [5.74, 6) is 0.328. The molecule has 80 valence electrons. The fourth-order valence-electron chi connectivity index (χ4n) is 1.90. The van der Waals surface area contributed by atoms with Crippen molar-refractivity contribution >= 4 is 5.97 Å². The lowest BCUT2D eigenvalue weighted by atomic mass is 10.1. The van der Waals surface area contributed by atoms with Gasteiger partial charge in [0.2, 0.25) is 0 Å². The maximum absolute atomic E-state index is 11.5. The third-order valence-corrected chi connectivity index (χ3v) is 2.83. The number of rotatable bonds is 3. The Hall–Kier alpha value is -0.610. The van der Waals surface area contributed by atoms with Crippen molar-refractivity contribution in [1.29, 1.82) is 0 Å². The minimum Gasteiger partial charge on any atom is -0.464 e. The van der Waals surface area contributed by atoms with Crippen molar-refractivity contribution in [3.63, 3.8) is 0 Å². The van der Waals surface area contributed by atoms with Crippen LogP contribution in [0.3, 0.4) is 0 Å². The van der Waals surface area contributed by atoms with Gasteiger partial charge in [0.25, 0.3) is 0 Å². The SMILES string of the molecule is O=C(OCC1CCOC1)C1CCCN1. The van der Waals surface area contributed by atoms with Gasteiger partial charge in [-0.1, -0.05) is 0 Å². The molecule has 2 unspecified atom stereocenters. The highest BCUT2D eigenvalue weighted by atomic mass is 16.5. The quantitative estimate of drug-likeness (QED) is 0.665. The Kier molecular flexibility index (Phi) is 3.37. The van der Waals surface area contributed by atoms with E-state index in [1.54, 1.807) is 0 Å². The van der Waals surface area contributed by atoms with Crippen LogP contribution < -0.4 is 5.32 Å². The van der Waals surface area contributed by atoms with Gasteiger partial charge in [0.05, 0.1) is 13.2 Å². The molecule has 4 nitrogen and oxygen atoms in total. The second-order valence-electron chi connectivity index (χ2n) is 4.01. The molecule has 0 saturated carbocycles. The summed E-state index contributed by atoms with van der Waals surface area (Å²) in [5.41, 5.74) is 0. The number of hydrogen-bond donors (Lipinski definition) is 1. The molecule has 4 heteroatoms. The van der Waals surface area contributed by atoms with Gasteiger partial charge in [-0.05, 0) is 25.8 Å². The fraction of sp³-hybridized carbons (Fsp3) is 0.900. The van der Waals surface area contributed by atoms with Gasteiger partial charge in [0.1, 0.15) is 6.04 Å². The lowest BCUT2D eigenvalue weighted by Crippen LogP contribution is -2.33. The second kappa shape index (κ2) is 4.75. The summed E-state index contributed by atoms with van der Waals surface area (Å²) in [6.45, 7) is 3.01. The minimum atomic E-state index is -0.0885. The van der Waals surface area contributed by atoms with Gasteiger partial charge in [0, 0.05) is 12.5 Å². The van der Waals surface area contributed by atoms with Crippen LogP contribution in [0.4, 0.5) is 0 Å². The first-order chi connectivity index (χ1) is 6.86. The summed E-state index contributed by atoms with van der Waals surface area (Å²) < 4.78 is 10.4. The predicted octanol–water partition coefficient (Wildman–Crippen LogP) is 0.318. The van der Waals surface area contributed by atoms with E-state index in [1.165, 1.54) is 0 Å². The molecule has 0 amide bonds. The molecular formula is C10H17NO3. The lowest BCUT2D eigenvalue weighted by Gasteiger charge is -2.12. The van der Waals surface area contributed by atoms with Crippen LogP contribution in [0.1, 0.15) is 19.3 Å². The Morgan fingerprint density at radius 2 is 2.43 bits per heavy atom. The highest BCUT2D eigenvalue weighted by Gasteiger charge is 2.25. The van der Waals surface area contributed by atoms with Crippen LogP contribution in [0.2, 0.25) is 0 Å². The van der Waals surface area contributed by atoms with Crippen LogP contribution in [0.25, 0.3) is 0 Å². The van der Waals surface area contributed by atoms with Gasteiger partial charge in [-0.3, -0.25) is 4.79 Å². The molecule has 2 atom stereocenters. The maximum Gasteiger partial charge on any atom is 0.323 e. The van der Waals surface area contributed by atoms with Gasteiger partial charge in [-0.2, -0.15) is 0 Å². The van der Waals surface area contributed by atoms with Crippen LogP contribution in [-0.4, -0.2) is 38.4 Å². The van der Waals surface area contributed by atoms with E-state index < -0.39 is 0 Å². The average molecular weight is 199 g/mol. The smallest absolute Gasteiger partial charge is 0.323 e. The van der Waals surface area contributed by atoms with E-state index in [0.717, 1.165) is 39.0 Å². The van der Waals surface area contributed by atoms with Crippen molar-refractivity contribution in [3.8, 4) is 0 Å². The number of hydrogen-bond acceptors (Lipinski definition) is 4. The van der Waals surface area contributed by atoms with E-state index in [0.29, 0.717) is 12.5 Å². The highest BCUT2D eigenvalue weighted by molar-refractivity contribution is 5.76. The van der Waals surface area contributed by atoms with Crippen molar-refractivity contribution in [2.45, 2.75) is 25.3 Å². The zero-order valence-corrected chi connectivity index (χ0v) is 8.33. The Labute approximate surface area is 84.0 Å². The van der Waals surface area contributed by atoms with E-state index in [-0.39, 0.29) is 12.0 Å². The molecule has 2 saturated heterocycles. The van der Waals surface area contributed by atoms with E-state index in [4.69, 9.17) is 9.47 Å². The van der Waals surface area contributed by atoms with Crippen molar-refractivity contribution in [2.75, 3.05) is 26.4 Å². The summed E-state index contributed by atoms with van der Waals surface area (Å²) in [5, 5.41) is 3.13. The van der Waals surface area contributed by atoms with Crippen LogP contribution in [0, 0.1) is 5.92 Å². The molecule has 0 aliphatic carbocycles. The van der Waals surface area contributed by atoms with E-state index in [2.05, 4.69) is 5.32 Å². The number of ether oxygens (including phenoxy) is 2. The fourth-order valence-corrected chi connectivity index (χ4v) is 1.90. The Morgan fingerprint density at radius 3 is 3.07 bits per heavy atom.